The van der Waals surface area contributed by atoms with E-state index in [1.165, 1.54) is 31.5 Å². The van der Waals surface area contributed by atoms with Crippen molar-refractivity contribution in [1.29, 1.82) is 0 Å². The van der Waals surface area contributed by atoms with Gasteiger partial charge in [0.15, 0.2) is 0 Å². The molecule has 0 aliphatic carbocycles. The molecule has 0 radical (unpaired) electrons. The minimum Gasteiger partial charge on any atom is -0.319 e. The van der Waals surface area contributed by atoms with Gasteiger partial charge in [-0.15, -0.1) is 0 Å². The van der Waals surface area contributed by atoms with E-state index in [1.807, 2.05) is 25.0 Å². The number of hydrogen-bond acceptors (Lipinski definition) is 3. The van der Waals surface area contributed by atoms with E-state index in [9.17, 15) is 0 Å². The second-order valence-corrected chi connectivity index (χ2v) is 5.03. The van der Waals surface area contributed by atoms with Gasteiger partial charge in [0, 0.05) is 24.8 Å². The number of likely N-dealkylation sites (tertiary alicyclic amines) is 1. The first-order chi connectivity index (χ1) is 8.26. The zero-order chi connectivity index (χ0) is 12.3. The smallest absolute Gasteiger partial charge is 0.0537 e. The van der Waals surface area contributed by atoms with Crippen LogP contribution in [0.5, 0.6) is 0 Å². The van der Waals surface area contributed by atoms with Gasteiger partial charge in [0.25, 0.3) is 0 Å². The fourth-order valence-corrected chi connectivity index (χ4v) is 3.02. The van der Waals surface area contributed by atoms with Crippen molar-refractivity contribution >= 4 is 0 Å². The SMILES string of the molecule is CCCN1CCC(CNC)C1c1cnn(C)c1. The lowest BCUT2D eigenvalue weighted by atomic mass is 9.95. The maximum atomic E-state index is 4.32. The molecule has 1 fully saturated rings. The summed E-state index contributed by atoms with van der Waals surface area (Å²) < 4.78 is 1.91. The molecule has 0 saturated carbocycles. The molecule has 0 amide bonds. The lowest BCUT2D eigenvalue weighted by molar-refractivity contribution is 0.227. The Morgan fingerprint density at radius 3 is 2.94 bits per heavy atom. The van der Waals surface area contributed by atoms with Crippen LogP contribution in [0.3, 0.4) is 0 Å². The molecule has 2 atom stereocenters. The van der Waals surface area contributed by atoms with Crippen molar-refractivity contribution in [1.82, 2.24) is 20.0 Å². The highest BCUT2D eigenvalue weighted by atomic mass is 15.3. The summed E-state index contributed by atoms with van der Waals surface area (Å²) in [5, 5.41) is 7.64. The molecule has 1 aliphatic rings. The fourth-order valence-electron chi connectivity index (χ4n) is 3.02. The zero-order valence-corrected chi connectivity index (χ0v) is 11.2. The van der Waals surface area contributed by atoms with Crippen LogP contribution in [-0.2, 0) is 7.05 Å². The maximum Gasteiger partial charge on any atom is 0.0537 e. The Morgan fingerprint density at radius 1 is 1.53 bits per heavy atom. The molecule has 17 heavy (non-hydrogen) atoms. The topological polar surface area (TPSA) is 33.1 Å². The van der Waals surface area contributed by atoms with Crippen molar-refractivity contribution in [2.24, 2.45) is 13.0 Å². The summed E-state index contributed by atoms with van der Waals surface area (Å²) >= 11 is 0. The quantitative estimate of drug-likeness (QED) is 0.839. The fraction of sp³-hybridized carbons (Fsp3) is 0.769. The molecular weight excluding hydrogens is 212 g/mol. The molecule has 0 aromatic carbocycles. The average molecular weight is 236 g/mol. The number of hydrogen-bond donors (Lipinski definition) is 1. The first kappa shape index (κ1) is 12.6. The first-order valence-corrected chi connectivity index (χ1v) is 6.63. The van der Waals surface area contributed by atoms with Crippen LogP contribution >= 0.6 is 0 Å². The molecule has 0 bridgehead atoms. The van der Waals surface area contributed by atoms with Gasteiger partial charge >= 0.3 is 0 Å². The van der Waals surface area contributed by atoms with E-state index in [4.69, 9.17) is 0 Å². The summed E-state index contributed by atoms with van der Waals surface area (Å²) in [7, 11) is 4.04. The molecule has 1 N–H and O–H groups in total. The van der Waals surface area contributed by atoms with Gasteiger partial charge in [0.05, 0.1) is 6.20 Å². The standard InChI is InChI=1S/C13H24N4/c1-4-6-17-7-5-11(8-14-2)13(17)12-9-15-16(3)10-12/h9-11,13-14H,4-8H2,1-3H3. The summed E-state index contributed by atoms with van der Waals surface area (Å²) in [6.45, 7) is 5.77. The van der Waals surface area contributed by atoms with Gasteiger partial charge in [-0.25, -0.2) is 0 Å². The third-order valence-electron chi connectivity index (χ3n) is 3.67. The van der Waals surface area contributed by atoms with Crippen molar-refractivity contribution in [3.8, 4) is 0 Å². The zero-order valence-electron chi connectivity index (χ0n) is 11.2. The van der Waals surface area contributed by atoms with Crippen LogP contribution in [0, 0.1) is 5.92 Å². The van der Waals surface area contributed by atoms with E-state index < -0.39 is 0 Å². The van der Waals surface area contributed by atoms with Crippen LogP contribution < -0.4 is 5.32 Å². The van der Waals surface area contributed by atoms with Gasteiger partial charge in [-0.05, 0) is 45.4 Å². The average Bonchev–Trinajstić information content (AvgIpc) is 2.87. The van der Waals surface area contributed by atoms with Gasteiger partial charge in [0.2, 0.25) is 0 Å². The lowest BCUT2D eigenvalue weighted by Crippen LogP contribution is -2.29. The molecule has 1 aromatic heterocycles. The Bertz CT molecular complexity index is 333. The van der Waals surface area contributed by atoms with Crippen LogP contribution in [0.15, 0.2) is 12.4 Å². The molecule has 2 rings (SSSR count). The second-order valence-electron chi connectivity index (χ2n) is 5.03. The Labute approximate surface area is 104 Å². The summed E-state index contributed by atoms with van der Waals surface area (Å²) in [6.07, 6.45) is 6.71. The van der Waals surface area contributed by atoms with E-state index in [1.54, 1.807) is 0 Å². The third kappa shape index (κ3) is 2.69. The molecule has 4 nitrogen and oxygen atoms in total. The van der Waals surface area contributed by atoms with E-state index in [2.05, 4.69) is 28.4 Å². The van der Waals surface area contributed by atoms with Gasteiger partial charge < -0.3 is 5.32 Å². The van der Waals surface area contributed by atoms with Crippen LogP contribution in [0.25, 0.3) is 0 Å². The van der Waals surface area contributed by atoms with Crippen molar-refractivity contribution in [2.75, 3.05) is 26.7 Å². The Morgan fingerprint density at radius 2 is 2.35 bits per heavy atom. The van der Waals surface area contributed by atoms with Gasteiger partial charge in [0.1, 0.15) is 0 Å². The van der Waals surface area contributed by atoms with Crippen molar-refractivity contribution in [3.05, 3.63) is 18.0 Å². The highest BCUT2D eigenvalue weighted by Crippen LogP contribution is 2.36. The van der Waals surface area contributed by atoms with E-state index in [-0.39, 0.29) is 0 Å². The molecule has 0 spiro atoms. The van der Waals surface area contributed by atoms with Gasteiger partial charge in [-0.1, -0.05) is 6.92 Å². The van der Waals surface area contributed by atoms with Crippen LogP contribution in [-0.4, -0.2) is 41.4 Å². The summed E-state index contributed by atoms with van der Waals surface area (Å²) in [5.41, 5.74) is 1.37. The van der Waals surface area contributed by atoms with Crippen LogP contribution in [0.2, 0.25) is 0 Å². The largest absolute Gasteiger partial charge is 0.319 e. The van der Waals surface area contributed by atoms with Crippen LogP contribution in [0.1, 0.15) is 31.4 Å². The van der Waals surface area contributed by atoms with Crippen molar-refractivity contribution < 1.29 is 0 Å². The molecule has 1 aromatic rings. The highest BCUT2D eigenvalue weighted by molar-refractivity contribution is 5.14. The summed E-state index contributed by atoms with van der Waals surface area (Å²) in [4.78, 5) is 2.61. The number of nitrogens with one attached hydrogen (secondary N) is 1. The Hall–Kier alpha value is -0.870. The molecule has 4 heteroatoms. The van der Waals surface area contributed by atoms with E-state index in [0.29, 0.717) is 6.04 Å². The summed E-state index contributed by atoms with van der Waals surface area (Å²) in [5.74, 6) is 0.718. The molecule has 2 unspecified atom stereocenters. The molecular formula is C13H24N4. The molecule has 1 aliphatic heterocycles. The summed E-state index contributed by atoms with van der Waals surface area (Å²) in [6, 6.07) is 0.552. The van der Waals surface area contributed by atoms with Crippen LogP contribution in [0.4, 0.5) is 0 Å². The first-order valence-electron chi connectivity index (χ1n) is 6.63. The minimum atomic E-state index is 0.552. The number of nitrogens with zero attached hydrogens (tertiary/aromatic N) is 3. The highest BCUT2D eigenvalue weighted by Gasteiger charge is 2.34. The molecule has 96 valence electrons. The molecule has 2 heterocycles. The Balaban J connectivity index is 2.16. The normalized spacial score (nSPS) is 25.6. The van der Waals surface area contributed by atoms with E-state index >= 15 is 0 Å². The van der Waals surface area contributed by atoms with Gasteiger partial charge in [-0.3, -0.25) is 9.58 Å². The van der Waals surface area contributed by atoms with Crippen molar-refractivity contribution in [2.45, 2.75) is 25.8 Å². The molecule has 1 saturated heterocycles. The lowest BCUT2D eigenvalue weighted by Gasteiger charge is -2.27. The predicted molar refractivity (Wildman–Crippen MR) is 69.8 cm³/mol. The number of aryl methyl sites for hydroxylation is 1. The number of aromatic nitrogens is 2. The van der Waals surface area contributed by atoms with Gasteiger partial charge in [-0.2, -0.15) is 5.10 Å². The minimum absolute atomic E-state index is 0.552. The third-order valence-corrected chi connectivity index (χ3v) is 3.67. The second kappa shape index (κ2) is 5.65. The maximum absolute atomic E-state index is 4.32. The van der Waals surface area contributed by atoms with E-state index in [0.717, 1.165) is 12.5 Å². The predicted octanol–water partition coefficient (Wildman–Crippen LogP) is 1.41. The number of rotatable bonds is 5. The monoisotopic (exact) mass is 236 g/mol. The van der Waals surface area contributed by atoms with Crippen molar-refractivity contribution in [3.63, 3.8) is 0 Å². The Kier molecular flexibility index (Phi) is 4.18.